The van der Waals surface area contributed by atoms with Crippen molar-refractivity contribution in [2.24, 2.45) is 7.05 Å². The molecule has 2 rings (SSSR count). The van der Waals surface area contributed by atoms with E-state index < -0.39 is 0 Å². The SMILES string of the molecule is Cl.Cn1c(C(=O)NCCCCc2c[nH]c(N)n2)cc(Br)c1Br. The summed E-state index contributed by atoms with van der Waals surface area (Å²) in [5.41, 5.74) is 7.08. The van der Waals surface area contributed by atoms with Gasteiger partial charge in [-0.15, -0.1) is 12.4 Å². The Bertz CT molecular complexity index is 640. The highest BCUT2D eigenvalue weighted by Gasteiger charge is 2.14. The summed E-state index contributed by atoms with van der Waals surface area (Å²) in [4.78, 5) is 19.0. The average molecular weight is 456 g/mol. The first kappa shape index (κ1) is 19.1. The van der Waals surface area contributed by atoms with Gasteiger partial charge in [0.05, 0.1) is 14.8 Å². The molecule has 2 heterocycles. The number of aromatic nitrogens is 3. The number of hydrogen-bond acceptors (Lipinski definition) is 3. The van der Waals surface area contributed by atoms with Crippen molar-refractivity contribution in [3.8, 4) is 0 Å². The molecule has 0 aliphatic carbocycles. The minimum absolute atomic E-state index is 0. The zero-order valence-corrected chi connectivity index (χ0v) is 16.0. The smallest absolute Gasteiger partial charge is 0.267 e. The van der Waals surface area contributed by atoms with Crippen LogP contribution >= 0.6 is 44.3 Å². The number of carbonyl (C=O) groups is 1. The van der Waals surface area contributed by atoms with E-state index in [1.165, 1.54) is 0 Å². The summed E-state index contributed by atoms with van der Waals surface area (Å²) < 4.78 is 3.52. The molecular weight excluding hydrogens is 437 g/mol. The maximum atomic E-state index is 12.1. The van der Waals surface area contributed by atoms with Crippen LogP contribution in [0.5, 0.6) is 0 Å². The highest BCUT2D eigenvalue weighted by atomic mass is 79.9. The number of H-pyrrole nitrogens is 1. The third-order valence-corrected chi connectivity index (χ3v) is 5.24. The van der Waals surface area contributed by atoms with E-state index in [0.29, 0.717) is 18.2 Å². The van der Waals surface area contributed by atoms with Crippen LogP contribution in [0.4, 0.5) is 5.95 Å². The number of nitrogens with zero attached hydrogens (tertiary/aromatic N) is 2. The van der Waals surface area contributed by atoms with Crippen LogP contribution in [0.3, 0.4) is 0 Å². The summed E-state index contributed by atoms with van der Waals surface area (Å²) in [7, 11) is 1.84. The number of carbonyl (C=O) groups excluding carboxylic acids is 1. The van der Waals surface area contributed by atoms with Gasteiger partial charge in [-0.2, -0.15) is 0 Å². The number of hydrogen-bond donors (Lipinski definition) is 3. The van der Waals surface area contributed by atoms with Gasteiger partial charge in [-0.05, 0) is 57.2 Å². The number of imidazole rings is 1. The van der Waals surface area contributed by atoms with E-state index in [4.69, 9.17) is 5.73 Å². The summed E-state index contributed by atoms with van der Waals surface area (Å²) in [6.07, 6.45) is 4.51. The third-order valence-electron chi connectivity index (χ3n) is 3.14. The molecule has 0 radical (unpaired) electrons. The molecule has 0 fully saturated rings. The van der Waals surface area contributed by atoms with E-state index in [9.17, 15) is 4.79 Å². The molecule has 0 bridgehead atoms. The Morgan fingerprint density at radius 1 is 1.45 bits per heavy atom. The monoisotopic (exact) mass is 453 g/mol. The molecule has 0 aliphatic heterocycles. The van der Waals surface area contributed by atoms with Gasteiger partial charge in [0.25, 0.3) is 5.91 Å². The molecule has 9 heteroatoms. The highest BCUT2D eigenvalue weighted by Crippen LogP contribution is 2.26. The minimum atomic E-state index is -0.0760. The van der Waals surface area contributed by atoms with Crippen molar-refractivity contribution < 1.29 is 4.79 Å². The number of nitrogen functional groups attached to an aromatic ring is 1. The van der Waals surface area contributed by atoms with Crippen LogP contribution in [-0.2, 0) is 13.5 Å². The maximum Gasteiger partial charge on any atom is 0.267 e. The lowest BCUT2D eigenvalue weighted by molar-refractivity contribution is 0.0944. The normalized spacial score (nSPS) is 10.3. The van der Waals surface area contributed by atoms with Crippen molar-refractivity contribution in [1.82, 2.24) is 19.9 Å². The first-order valence-electron chi connectivity index (χ1n) is 6.57. The zero-order valence-electron chi connectivity index (χ0n) is 12.0. The number of aromatic amines is 1. The largest absolute Gasteiger partial charge is 0.369 e. The van der Waals surface area contributed by atoms with Crippen molar-refractivity contribution >= 4 is 56.1 Å². The number of amides is 1. The molecule has 4 N–H and O–H groups in total. The minimum Gasteiger partial charge on any atom is -0.369 e. The van der Waals surface area contributed by atoms with E-state index in [0.717, 1.165) is 34.0 Å². The van der Waals surface area contributed by atoms with Crippen LogP contribution < -0.4 is 11.1 Å². The molecule has 0 saturated heterocycles. The molecule has 122 valence electrons. The van der Waals surface area contributed by atoms with Crippen LogP contribution in [0.25, 0.3) is 0 Å². The number of halogens is 3. The fraction of sp³-hybridized carbons (Fsp3) is 0.385. The number of nitrogens with two attached hydrogens (primary N) is 1. The van der Waals surface area contributed by atoms with Gasteiger partial charge in [0.15, 0.2) is 5.95 Å². The van der Waals surface area contributed by atoms with E-state index in [-0.39, 0.29) is 18.3 Å². The molecule has 0 aliphatic rings. The summed E-state index contributed by atoms with van der Waals surface area (Å²) in [5.74, 6) is 0.367. The summed E-state index contributed by atoms with van der Waals surface area (Å²) in [6, 6.07) is 1.80. The predicted octanol–water partition coefficient (Wildman–Crippen LogP) is 3.03. The molecule has 0 atom stereocenters. The van der Waals surface area contributed by atoms with E-state index in [2.05, 4.69) is 47.1 Å². The number of rotatable bonds is 6. The Balaban J connectivity index is 0.00000242. The van der Waals surface area contributed by atoms with Crippen LogP contribution in [-0.4, -0.2) is 27.0 Å². The lowest BCUT2D eigenvalue weighted by atomic mass is 10.2. The lowest BCUT2D eigenvalue weighted by Crippen LogP contribution is -2.26. The second-order valence-electron chi connectivity index (χ2n) is 4.72. The quantitative estimate of drug-likeness (QED) is 0.585. The fourth-order valence-corrected chi connectivity index (χ4v) is 2.78. The highest BCUT2D eigenvalue weighted by molar-refractivity contribution is 9.13. The molecular formula is C13H18Br2ClN5O. The summed E-state index contributed by atoms with van der Waals surface area (Å²) >= 11 is 6.79. The van der Waals surface area contributed by atoms with Gasteiger partial charge in [-0.25, -0.2) is 4.98 Å². The summed E-state index contributed by atoms with van der Waals surface area (Å²) in [6.45, 7) is 0.638. The van der Waals surface area contributed by atoms with Gasteiger partial charge < -0.3 is 20.6 Å². The van der Waals surface area contributed by atoms with Gasteiger partial charge >= 0.3 is 0 Å². The Morgan fingerprint density at radius 3 is 2.73 bits per heavy atom. The van der Waals surface area contributed by atoms with Gasteiger partial charge in [0.1, 0.15) is 5.69 Å². The summed E-state index contributed by atoms with van der Waals surface area (Å²) in [5, 5.41) is 2.92. The second kappa shape index (κ2) is 8.59. The van der Waals surface area contributed by atoms with Crippen LogP contribution in [0, 0.1) is 0 Å². The van der Waals surface area contributed by atoms with Crippen LogP contribution in [0.1, 0.15) is 29.0 Å². The van der Waals surface area contributed by atoms with Gasteiger partial charge in [0.2, 0.25) is 0 Å². The number of unbranched alkanes of at least 4 members (excludes halogenated alkanes) is 1. The Labute approximate surface area is 151 Å². The molecule has 0 spiro atoms. The third kappa shape index (κ3) is 4.76. The fourth-order valence-electron chi connectivity index (χ4n) is 1.99. The first-order chi connectivity index (χ1) is 9.99. The predicted molar refractivity (Wildman–Crippen MR) is 96.3 cm³/mol. The molecule has 0 unspecified atom stereocenters. The van der Waals surface area contributed by atoms with E-state index in [1.54, 1.807) is 10.6 Å². The number of anilines is 1. The molecule has 1 amide bonds. The maximum absolute atomic E-state index is 12.1. The number of aryl methyl sites for hydroxylation is 1. The molecule has 0 saturated carbocycles. The van der Waals surface area contributed by atoms with Crippen molar-refractivity contribution in [3.63, 3.8) is 0 Å². The van der Waals surface area contributed by atoms with Gasteiger partial charge in [-0.1, -0.05) is 0 Å². The first-order valence-corrected chi connectivity index (χ1v) is 8.16. The molecule has 2 aromatic rings. The van der Waals surface area contributed by atoms with E-state index in [1.807, 2.05) is 13.2 Å². The van der Waals surface area contributed by atoms with Gasteiger partial charge in [0, 0.05) is 19.8 Å². The van der Waals surface area contributed by atoms with Crippen LogP contribution in [0.15, 0.2) is 21.3 Å². The molecule has 22 heavy (non-hydrogen) atoms. The van der Waals surface area contributed by atoms with Crippen molar-refractivity contribution in [1.29, 1.82) is 0 Å². The molecule has 6 nitrogen and oxygen atoms in total. The molecule has 2 aromatic heterocycles. The Morgan fingerprint density at radius 2 is 2.18 bits per heavy atom. The lowest BCUT2D eigenvalue weighted by Gasteiger charge is -2.06. The van der Waals surface area contributed by atoms with Crippen molar-refractivity contribution in [3.05, 3.63) is 32.7 Å². The van der Waals surface area contributed by atoms with E-state index >= 15 is 0 Å². The van der Waals surface area contributed by atoms with Gasteiger partial charge in [-0.3, -0.25) is 4.79 Å². The average Bonchev–Trinajstić information content (AvgIpc) is 2.97. The van der Waals surface area contributed by atoms with Crippen LogP contribution in [0.2, 0.25) is 0 Å². The van der Waals surface area contributed by atoms with Crippen molar-refractivity contribution in [2.45, 2.75) is 19.3 Å². The van der Waals surface area contributed by atoms with Crippen molar-refractivity contribution in [2.75, 3.05) is 12.3 Å². The standard InChI is InChI=1S/C13H17Br2N5O.ClH/c1-20-10(6-9(14)11(20)15)12(21)17-5-3-2-4-8-7-18-13(16)19-8;/h6-7H,2-5H2,1H3,(H,17,21)(H3,16,18,19);1H. The zero-order chi connectivity index (χ0) is 15.4. The second-order valence-corrected chi connectivity index (χ2v) is 6.32. The molecule has 0 aromatic carbocycles. The Hall–Kier alpha value is -0.990. The Kier molecular flexibility index (Phi) is 7.44. The number of nitrogens with one attached hydrogen (secondary N) is 2. The topological polar surface area (TPSA) is 88.7 Å².